The van der Waals surface area contributed by atoms with Crippen LogP contribution in [0.2, 0.25) is 0 Å². The Kier molecular flexibility index (Phi) is 14.9. The van der Waals surface area contributed by atoms with Crippen LogP contribution in [-0.2, 0) is 58.1 Å². The normalized spacial score (nSPS) is 23.7. The first-order valence-electron chi connectivity index (χ1n) is 25.7. The molecule has 5 atom stereocenters. The molecule has 1 unspecified atom stereocenters. The summed E-state index contributed by atoms with van der Waals surface area (Å²) in [4.78, 5) is 81.8. The molecule has 4 saturated heterocycles. The van der Waals surface area contributed by atoms with Crippen molar-refractivity contribution in [3.63, 3.8) is 0 Å². The van der Waals surface area contributed by atoms with Crippen molar-refractivity contribution in [2.24, 2.45) is 23.8 Å². The SMILES string of the molecule is CO[C@@H](C)c1ncccc1-c1c2c3cc(ccc3n1C)-c1cccc(c1)C[C@H](NC(=O)[C@H](C(C)C)N1CCC3(CCN(C(=O)C#CCN4CCOCC4)C3)C1=O)C(=O)N1CCC[C@H](N1)C(=O)OCC(C)(C)C2. The van der Waals surface area contributed by atoms with Crippen molar-refractivity contribution in [2.75, 3.05) is 72.7 Å². The van der Waals surface area contributed by atoms with Crippen LogP contribution in [-0.4, -0.2) is 150 Å². The number of nitrogens with zero attached hydrogens (tertiary/aromatic N) is 6. The van der Waals surface area contributed by atoms with Gasteiger partial charge in [-0.05, 0) is 97.4 Å². The molecule has 0 aliphatic carbocycles. The number of amides is 4. The molecular weight excluding hydrogens is 913 g/mol. The van der Waals surface area contributed by atoms with Gasteiger partial charge in [0.25, 0.3) is 11.8 Å². The Bertz CT molecular complexity index is 2790. The van der Waals surface area contributed by atoms with E-state index in [1.54, 1.807) is 23.1 Å². The minimum Gasteiger partial charge on any atom is -0.464 e. The van der Waals surface area contributed by atoms with Crippen molar-refractivity contribution in [1.82, 2.24) is 40.0 Å². The number of hydrazine groups is 1. The molecule has 7 heterocycles. The third-order valence-corrected chi connectivity index (χ3v) is 15.5. The number of carbonyl (C=O) groups excluding carboxylic acids is 5. The highest BCUT2D eigenvalue weighted by atomic mass is 16.5. The maximum Gasteiger partial charge on any atom is 0.324 e. The maximum atomic E-state index is 14.9. The number of morpholine rings is 1. The lowest BCUT2D eigenvalue weighted by atomic mass is 9.84. The molecule has 4 amide bonds. The Labute approximate surface area is 423 Å². The van der Waals surface area contributed by atoms with Crippen molar-refractivity contribution < 1.29 is 38.2 Å². The van der Waals surface area contributed by atoms with E-state index in [1.165, 1.54) is 5.01 Å². The third kappa shape index (κ3) is 10.4. The highest BCUT2D eigenvalue weighted by Gasteiger charge is 2.54. The summed E-state index contributed by atoms with van der Waals surface area (Å²) >= 11 is 0. The number of benzene rings is 2. The highest BCUT2D eigenvalue weighted by molar-refractivity contribution is 5.98. The summed E-state index contributed by atoms with van der Waals surface area (Å²) in [5, 5.41) is 5.64. The largest absolute Gasteiger partial charge is 0.464 e. The fourth-order valence-corrected chi connectivity index (χ4v) is 11.5. The van der Waals surface area contributed by atoms with Crippen LogP contribution < -0.4 is 10.7 Å². The van der Waals surface area contributed by atoms with Crippen LogP contribution in [0.4, 0.5) is 0 Å². The van der Waals surface area contributed by atoms with E-state index in [-0.39, 0.29) is 49.3 Å². The predicted octanol–water partition coefficient (Wildman–Crippen LogP) is 5.07. The molecule has 2 aromatic carbocycles. The quantitative estimate of drug-likeness (QED) is 0.179. The van der Waals surface area contributed by atoms with Crippen LogP contribution in [0.25, 0.3) is 33.3 Å². The van der Waals surface area contributed by atoms with Gasteiger partial charge in [-0.25, -0.2) is 5.43 Å². The summed E-state index contributed by atoms with van der Waals surface area (Å²) in [6, 6.07) is 15.8. The molecule has 72 heavy (non-hydrogen) atoms. The van der Waals surface area contributed by atoms with Gasteiger partial charge < -0.3 is 33.9 Å². The van der Waals surface area contributed by atoms with Crippen LogP contribution >= 0.6 is 0 Å². The molecular formula is C56H70N8O8. The highest BCUT2D eigenvalue weighted by Crippen LogP contribution is 2.43. The topological polar surface area (TPSA) is 168 Å². The first-order chi connectivity index (χ1) is 34.6. The summed E-state index contributed by atoms with van der Waals surface area (Å²) in [7, 11) is 3.76. The van der Waals surface area contributed by atoms with Gasteiger partial charge in [0.15, 0.2) is 0 Å². The Morgan fingerprint density at radius 3 is 2.53 bits per heavy atom. The van der Waals surface area contributed by atoms with E-state index in [1.807, 2.05) is 39.0 Å². The van der Waals surface area contributed by atoms with Crippen LogP contribution in [0.15, 0.2) is 60.8 Å². The summed E-state index contributed by atoms with van der Waals surface area (Å²) in [5.74, 6) is 3.78. The van der Waals surface area contributed by atoms with Gasteiger partial charge in [-0.2, -0.15) is 0 Å². The third-order valence-electron chi connectivity index (χ3n) is 15.5. The molecule has 382 valence electrons. The molecule has 2 aromatic heterocycles. The molecule has 9 rings (SSSR count). The molecule has 2 N–H and O–H groups in total. The second-order valence-corrected chi connectivity index (χ2v) is 21.5. The van der Waals surface area contributed by atoms with E-state index in [2.05, 4.69) is 89.3 Å². The lowest BCUT2D eigenvalue weighted by molar-refractivity contribution is -0.155. The van der Waals surface area contributed by atoms with Crippen LogP contribution in [0, 0.1) is 28.6 Å². The van der Waals surface area contributed by atoms with Gasteiger partial charge in [0, 0.05) is 87.9 Å². The number of hydrogen-bond acceptors (Lipinski definition) is 11. The second-order valence-electron chi connectivity index (χ2n) is 21.5. The average molecular weight is 983 g/mol. The lowest BCUT2D eigenvalue weighted by Gasteiger charge is -2.37. The number of likely N-dealkylation sites (tertiary alicyclic amines) is 2. The molecule has 0 radical (unpaired) electrons. The van der Waals surface area contributed by atoms with E-state index in [0.717, 1.165) is 63.2 Å². The number of rotatable bonds is 8. The van der Waals surface area contributed by atoms with E-state index < -0.39 is 40.8 Å². The van der Waals surface area contributed by atoms with Gasteiger partial charge in [-0.3, -0.25) is 38.9 Å². The Balaban J connectivity index is 1.01. The van der Waals surface area contributed by atoms with Crippen molar-refractivity contribution in [2.45, 2.75) is 97.4 Å². The Morgan fingerprint density at radius 1 is 0.972 bits per heavy atom. The first-order valence-corrected chi connectivity index (χ1v) is 25.7. The zero-order valence-corrected chi connectivity index (χ0v) is 42.9. The molecule has 1 spiro atoms. The van der Waals surface area contributed by atoms with Crippen molar-refractivity contribution in [3.05, 3.63) is 77.6 Å². The van der Waals surface area contributed by atoms with Gasteiger partial charge >= 0.3 is 5.97 Å². The molecule has 16 heteroatoms. The number of fused-ring (bicyclic) bond motifs is 6. The van der Waals surface area contributed by atoms with Gasteiger partial charge in [0.2, 0.25) is 11.8 Å². The minimum atomic E-state index is -1.05. The number of cyclic esters (lactones) is 1. The average Bonchev–Trinajstić information content (AvgIpc) is 4.04. The van der Waals surface area contributed by atoms with E-state index in [9.17, 15) is 24.0 Å². The van der Waals surface area contributed by atoms with Crippen LogP contribution in [0.5, 0.6) is 0 Å². The summed E-state index contributed by atoms with van der Waals surface area (Å²) in [5.41, 5.74) is 9.57. The summed E-state index contributed by atoms with van der Waals surface area (Å²) < 4.78 is 19.6. The van der Waals surface area contributed by atoms with Crippen molar-refractivity contribution in [1.29, 1.82) is 0 Å². The fourth-order valence-electron chi connectivity index (χ4n) is 11.5. The Morgan fingerprint density at radius 2 is 1.75 bits per heavy atom. The number of carbonyl (C=O) groups is 5. The second kappa shape index (κ2) is 21.2. The molecule has 0 saturated carbocycles. The summed E-state index contributed by atoms with van der Waals surface area (Å²) in [6.45, 7) is 14.8. The molecule has 16 nitrogen and oxygen atoms in total. The fraction of sp³-hybridized carbons (Fsp3) is 0.536. The molecule has 5 aliphatic heterocycles. The maximum absolute atomic E-state index is 14.9. The molecule has 6 bridgehead atoms. The number of aryl methyl sites for hydroxylation is 1. The number of ether oxygens (including phenoxy) is 3. The van der Waals surface area contributed by atoms with Crippen LogP contribution in [0.1, 0.15) is 83.2 Å². The van der Waals surface area contributed by atoms with Gasteiger partial charge in [0.05, 0.1) is 49.3 Å². The van der Waals surface area contributed by atoms with Crippen molar-refractivity contribution in [3.8, 4) is 34.2 Å². The minimum absolute atomic E-state index is 0.132. The number of methoxy groups -OCH3 is 1. The van der Waals surface area contributed by atoms with Gasteiger partial charge in [-0.1, -0.05) is 63.9 Å². The standard InChI is InChI=1S/C56H70N8O8/c1-36(2)49(63-25-20-56(54(63)69)19-24-62(34-56)47(65)16-11-22-61-26-28-71-29-27-61)51(66)58-45-31-38-12-8-13-39(30-38)40-17-18-46-42(32-40)43(50(60(46)6)41-14-9-21-57-48(41)37(3)70-7)33-55(4,5)35-72-53(68)44-15-10-23-64(59-44)52(45)67/h8-9,12-14,17-18,21,30,32,36-37,44-45,49,59H,10,15,19-20,22-29,31,33-35H2,1-7H3,(H,58,66)/t37-,44-,45-,49-,56?/m0/s1. The first kappa shape index (κ1) is 50.8. The number of nitrogens with one attached hydrogen (secondary N) is 2. The van der Waals surface area contributed by atoms with E-state index in [0.29, 0.717) is 71.5 Å². The van der Waals surface area contributed by atoms with E-state index in [4.69, 9.17) is 19.2 Å². The number of hydrogen-bond donors (Lipinski definition) is 2. The molecule has 5 aliphatic rings. The van der Waals surface area contributed by atoms with Gasteiger partial charge in [0.1, 0.15) is 18.1 Å². The summed E-state index contributed by atoms with van der Waals surface area (Å²) in [6.07, 6.45) is 4.27. The monoisotopic (exact) mass is 983 g/mol. The smallest absolute Gasteiger partial charge is 0.324 e. The molecule has 4 fully saturated rings. The Hall–Kier alpha value is -6.12. The number of pyridine rings is 1. The van der Waals surface area contributed by atoms with Gasteiger partial charge in [-0.15, -0.1) is 0 Å². The number of esters is 1. The molecule has 4 aromatic rings. The van der Waals surface area contributed by atoms with Crippen molar-refractivity contribution >= 4 is 40.5 Å². The number of aromatic nitrogens is 2. The zero-order valence-electron chi connectivity index (χ0n) is 42.9. The predicted molar refractivity (Wildman–Crippen MR) is 273 cm³/mol. The van der Waals surface area contributed by atoms with Crippen LogP contribution in [0.3, 0.4) is 0 Å². The lowest BCUT2D eigenvalue weighted by Crippen LogP contribution is -2.62. The van der Waals surface area contributed by atoms with E-state index >= 15 is 0 Å². The zero-order chi connectivity index (χ0) is 50.9.